The molecule has 4 heteroatoms. The van der Waals surface area contributed by atoms with Gasteiger partial charge in [-0.1, -0.05) is 6.92 Å². The number of rotatable bonds is 3. The minimum absolute atomic E-state index is 0. The molecule has 0 heterocycles. The first kappa shape index (κ1) is 19.8. The SMILES string of the molecule is C[CH-]C(C)N([C-]=N)C(C)(C)C.[W].[Y]. The molecule has 0 bridgehead atoms. The molecule has 0 saturated heterocycles. The van der Waals surface area contributed by atoms with Crippen molar-refractivity contribution >= 4 is 6.34 Å². The third-order valence-electron chi connectivity index (χ3n) is 1.73. The Morgan fingerprint density at radius 1 is 1.38 bits per heavy atom. The Hall–Kier alpha value is 1.26. The van der Waals surface area contributed by atoms with Crippen LogP contribution in [0.2, 0.25) is 0 Å². The standard InChI is InChI=1S/C9H18N2.W.Y/c1-6-8(2)11(7-10)9(3,4)5;;/h6,8,10H,1-5H3;;/q-2;;. The molecule has 0 aliphatic carbocycles. The van der Waals surface area contributed by atoms with Crippen LogP contribution in [0.25, 0.3) is 0 Å². The monoisotopic (exact) mass is 427 g/mol. The van der Waals surface area contributed by atoms with Gasteiger partial charge >= 0.3 is 0 Å². The first-order valence-corrected chi connectivity index (χ1v) is 3.94. The van der Waals surface area contributed by atoms with Gasteiger partial charge in [0.15, 0.2) is 0 Å². The molecular weight excluding hydrogens is 409 g/mol. The summed E-state index contributed by atoms with van der Waals surface area (Å²) in [6.07, 6.45) is 4.51. The first-order chi connectivity index (χ1) is 4.93. The van der Waals surface area contributed by atoms with E-state index in [1.807, 2.05) is 11.8 Å². The van der Waals surface area contributed by atoms with Gasteiger partial charge in [0.2, 0.25) is 0 Å². The van der Waals surface area contributed by atoms with E-state index >= 15 is 0 Å². The van der Waals surface area contributed by atoms with Gasteiger partial charge in [0, 0.05) is 53.8 Å². The fraction of sp³-hybridized carbons (Fsp3) is 0.778. The van der Waals surface area contributed by atoms with Gasteiger partial charge in [0.25, 0.3) is 0 Å². The van der Waals surface area contributed by atoms with E-state index in [1.54, 1.807) is 0 Å². The molecule has 0 spiro atoms. The van der Waals surface area contributed by atoms with Crippen LogP contribution < -0.4 is 0 Å². The number of nitrogens with zero attached hydrogens (tertiary/aromatic N) is 1. The number of hydrogen-bond acceptors (Lipinski definition) is 1. The smallest absolute Gasteiger partial charge is 0 e. The summed E-state index contributed by atoms with van der Waals surface area (Å²) in [5.74, 6) is 0. The molecule has 2 nitrogen and oxygen atoms in total. The Balaban J connectivity index is -0.000000500. The van der Waals surface area contributed by atoms with Crippen LogP contribution in [0.15, 0.2) is 0 Å². The zero-order chi connectivity index (χ0) is 9.07. The van der Waals surface area contributed by atoms with Crippen LogP contribution in [0.5, 0.6) is 0 Å². The van der Waals surface area contributed by atoms with E-state index in [0.717, 1.165) is 0 Å². The Morgan fingerprint density at radius 2 is 1.77 bits per heavy atom. The summed E-state index contributed by atoms with van der Waals surface area (Å²) in [5, 5.41) is 7.11. The second-order valence-corrected chi connectivity index (χ2v) is 3.73. The fourth-order valence-corrected chi connectivity index (χ4v) is 1.03. The van der Waals surface area contributed by atoms with E-state index < -0.39 is 0 Å². The second kappa shape index (κ2) is 8.56. The molecule has 0 aromatic rings. The van der Waals surface area contributed by atoms with E-state index in [9.17, 15) is 0 Å². The van der Waals surface area contributed by atoms with Crippen molar-refractivity contribution in [3.63, 3.8) is 0 Å². The molecule has 1 radical (unpaired) electrons. The van der Waals surface area contributed by atoms with Crippen LogP contribution in [-0.2, 0) is 53.8 Å². The van der Waals surface area contributed by atoms with Gasteiger partial charge in [0.05, 0.1) is 0 Å². The Morgan fingerprint density at radius 3 is 1.85 bits per heavy atom. The van der Waals surface area contributed by atoms with Crippen molar-refractivity contribution in [2.75, 3.05) is 0 Å². The first-order valence-electron chi connectivity index (χ1n) is 3.94. The summed E-state index contributed by atoms with van der Waals surface area (Å²) in [6.45, 7) is 10.3. The van der Waals surface area contributed by atoms with Crippen molar-refractivity contribution in [1.82, 2.24) is 4.90 Å². The quantitative estimate of drug-likeness (QED) is 0.318. The van der Waals surface area contributed by atoms with Gasteiger partial charge in [-0.2, -0.15) is 6.92 Å². The van der Waals surface area contributed by atoms with E-state index in [2.05, 4.69) is 40.5 Å². The topological polar surface area (TPSA) is 27.1 Å². The zero-order valence-electron chi connectivity index (χ0n) is 9.09. The minimum atomic E-state index is -0.00627. The molecule has 1 unspecified atom stereocenters. The van der Waals surface area contributed by atoms with Crippen molar-refractivity contribution in [2.24, 2.45) is 0 Å². The fourth-order valence-electron chi connectivity index (χ4n) is 1.03. The summed E-state index contributed by atoms with van der Waals surface area (Å²) in [4.78, 5) is 1.90. The van der Waals surface area contributed by atoms with Crippen molar-refractivity contribution in [3.05, 3.63) is 6.42 Å². The molecule has 13 heavy (non-hydrogen) atoms. The molecule has 0 fully saturated rings. The van der Waals surface area contributed by atoms with Gasteiger partial charge < -0.3 is 23.1 Å². The molecule has 0 rings (SSSR count). The van der Waals surface area contributed by atoms with Gasteiger partial charge in [-0.25, -0.2) is 0 Å². The number of hydrogen-bond donors (Lipinski definition) is 1. The normalized spacial score (nSPS) is 12.1. The molecule has 0 saturated carbocycles. The van der Waals surface area contributed by atoms with Crippen molar-refractivity contribution in [1.29, 1.82) is 5.41 Å². The maximum absolute atomic E-state index is 7.11. The molecule has 75 valence electrons. The summed E-state index contributed by atoms with van der Waals surface area (Å²) in [5.41, 5.74) is -0.00627. The molecule has 0 aliphatic heterocycles. The maximum Gasteiger partial charge on any atom is 0 e. The molecule has 0 aromatic heterocycles. The third-order valence-corrected chi connectivity index (χ3v) is 1.73. The number of nitrogens with one attached hydrogen (secondary N) is 1. The van der Waals surface area contributed by atoms with E-state index in [0.29, 0.717) is 0 Å². The predicted molar refractivity (Wildman–Crippen MR) is 48.8 cm³/mol. The van der Waals surface area contributed by atoms with Crippen LogP contribution in [-0.4, -0.2) is 22.8 Å². The molecular formula is C9H18N2WY-2. The van der Waals surface area contributed by atoms with Gasteiger partial charge in [-0.3, -0.25) is 0 Å². The Kier molecular flexibility index (Phi) is 13.0. The molecule has 0 amide bonds. The summed E-state index contributed by atoms with van der Waals surface area (Å²) >= 11 is 0. The van der Waals surface area contributed by atoms with Crippen molar-refractivity contribution in [3.8, 4) is 0 Å². The van der Waals surface area contributed by atoms with E-state index in [1.165, 1.54) is 0 Å². The molecule has 0 aliphatic rings. The second-order valence-electron chi connectivity index (χ2n) is 3.73. The van der Waals surface area contributed by atoms with Gasteiger partial charge in [-0.15, -0.1) is 6.04 Å². The zero-order valence-corrected chi connectivity index (χ0v) is 14.9. The van der Waals surface area contributed by atoms with Gasteiger partial charge in [0.1, 0.15) is 0 Å². The summed E-state index contributed by atoms with van der Waals surface area (Å²) in [7, 11) is 0. The van der Waals surface area contributed by atoms with Crippen molar-refractivity contribution < 1.29 is 53.8 Å². The van der Waals surface area contributed by atoms with Crippen LogP contribution in [0.1, 0.15) is 34.6 Å². The maximum atomic E-state index is 7.11. The van der Waals surface area contributed by atoms with Crippen LogP contribution in [0.4, 0.5) is 0 Å². The van der Waals surface area contributed by atoms with Crippen molar-refractivity contribution in [2.45, 2.75) is 46.2 Å². The molecule has 0 aromatic carbocycles. The van der Waals surface area contributed by atoms with E-state index in [4.69, 9.17) is 5.41 Å². The van der Waals surface area contributed by atoms with Crippen LogP contribution in [0, 0.1) is 11.8 Å². The average molecular weight is 427 g/mol. The van der Waals surface area contributed by atoms with Crippen LogP contribution in [0.3, 0.4) is 0 Å². The molecule has 1 atom stereocenters. The summed E-state index contributed by atoms with van der Waals surface area (Å²) in [6, 6.07) is 0.285. The largest absolute Gasteiger partial charge is 0.555 e. The van der Waals surface area contributed by atoms with E-state index in [-0.39, 0.29) is 65.4 Å². The van der Waals surface area contributed by atoms with Crippen LogP contribution >= 0.6 is 0 Å². The average Bonchev–Trinajstić information content (AvgIpc) is 1.86. The molecule has 1 N–H and O–H groups in total. The Bertz CT molecular complexity index is 134. The predicted octanol–water partition coefficient (Wildman–Crippen LogP) is 2.18. The minimum Gasteiger partial charge on any atom is -0.555 e. The Labute approximate surface area is 122 Å². The summed E-state index contributed by atoms with van der Waals surface area (Å²) < 4.78 is 0. The third kappa shape index (κ3) is 7.22. The van der Waals surface area contributed by atoms with Gasteiger partial charge in [-0.05, 0) is 26.3 Å².